The number of carbonyl (C=O) groups excluding carboxylic acids is 1. The van der Waals surface area contributed by atoms with E-state index in [-0.39, 0.29) is 19.1 Å². The molecular weight excluding hydrogens is 280 g/mol. The molecule has 0 unspecified atom stereocenters. The highest BCUT2D eigenvalue weighted by atomic mass is 16.5. The maximum absolute atomic E-state index is 11.8. The molecule has 5 nitrogen and oxygen atoms in total. The van der Waals surface area contributed by atoms with Gasteiger partial charge in [0.25, 0.3) is 5.91 Å². The zero-order valence-corrected chi connectivity index (χ0v) is 13.5. The van der Waals surface area contributed by atoms with E-state index in [9.17, 15) is 4.79 Å². The lowest BCUT2D eigenvalue weighted by atomic mass is 10.0. The number of amides is 1. The van der Waals surface area contributed by atoms with Crippen LogP contribution >= 0.6 is 0 Å². The molecule has 0 radical (unpaired) electrons. The second-order valence-electron chi connectivity index (χ2n) is 5.54. The SMILES string of the molecule is Cc1nc(CNC(=O)COc2cccc(C(C)C)c2)oc1C. The summed E-state index contributed by atoms with van der Waals surface area (Å²) in [5.41, 5.74) is 2.02. The fraction of sp³-hybridized carbons (Fsp3) is 0.412. The van der Waals surface area contributed by atoms with Crippen molar-refractivity contribution in [3.8, 4) is 5.75 Å². The van der Waals surface area contributed by atoms with Crippen LogP contribution in [0.25, 0.3) is 0 Å². The smallest absolute Gasteiger partial charge is 0.258 e. The van der Waals surface area contributed by atoms with E-state index < -0.39 is 0 Å². The standard InChI is InChI=1S/C17H22N2O3/c1-11(2)14-6-5-7-15(8-14)21-10-16(20)18-9-17-19-12(3)13(4)22-17/h5-8,11H,9-10H2,1-4H3,(H,18,20). The fourth-order valence-electron chi connectivity index (χ4n) is 1.95. The van der Waals surface area contributed by atoms with E-state index in [1.165, 1.54) is 5.56 Å². The van der Waals surface area contributed by atoms with Gasteiger partial charge in [0.2, 0.25) is 5.89 Å². The van der Waals surface area contributed by atoms with Crippen molar-refractivity contribution in [2.24, 2.45) is 0 Å². The molecular formula is C17H22N2O3. The number of benzene rings is 1. The first-order valence-electron chi connectivity index (χ1n) is 7.38. The van der Waals surface area contributed by atoms with Gasteiger partial charge in [-0.2, -0.15) is 0 Å². The highest BCUT2D eigenvalue weighted by molar-refractivity contribution is 5.77. The second-order valence-corrected chi connectivity index (χ2v) is 5.54. The highest BCUT2D eigenvalue weighted by Gasteiger charge is 2.08. The van der Waals surface area contributed by atoms with E-state index in [4.69, 9.17) is 9.15 Å². The van der Waals surface area contributed by atoms with Crippen LogP contribution in [-0.4, -0.2) is 17.5 Å². The Balaban J connectivity index is 1.81. The fourth-order valence-corrected chi connectivity index (χ4v) is 1.95. The first-order valence-corrected chi connectivity index (χ1v) is 7.38. The number of rotatable bonds is 6. The molecule has 0 saturated heterocycles. The Bertz CT molecular complexity index is 628. The second kappa shape index (κ2) is 7.11. The predicted octanol–water partition coefficient (Wildman–Crippen LogP) is 3.11. The quantitative estimate of drug-likeness (QED) is 0.890. The molecule has 0 atom stereocenters. The van der Waals surface area contributed by atoms with Crippen LogP contribution in [0.15, 0.2) is 28.7 Å². The summed E-state index contributed by atoms with van der Waals surface area (Å²) in [4.78, 5) is 16.0. The van der Waals surface area contributed by atoms with E-state index in [1.807, 2.05) is 38.1 Å². The number of hydrogen-bond acceptors (Lipinski definition) is 4. The number of nitrogens with zero attached hydrogens (tertiary/aromatic N) is 1. The number of carbonyl (C=O) groups is 1. The van der Waals surface area contributed by atoms with Gasteiger partial charge in [0.05, 0.1) is 12.2 Å². The summed E-state index contributed by atoms with van der Waals surface area (Å²) >= 11 is 0. The van der Waals surface area contributed by atoms with Gasteiger partial charge in [0.1, 0.15) is 11.5 Å². The minimum Gasteiger partial charge on any atom is -0.484 e. The molecule has 0 bridgehead atoms. The van der Waals surface area contributed by atoms with Gasteiger partial charge in [-0.3, -0.25) is 4.79 Å². The average Bonchev–Trinajstić information content (AvgIpc) is 2.82. The monoisotopic (exact) mass is 302 g/mol. The molecule has 0 spiro atoms. The number of hydrogen-bond donors (Lipinski definition) is 1. The van der Waals surface area contributed by atoms with Crippen molar-refractivity contribution in [2.75, 3.05) is 6.61 Å². The van der Waals surface area contributed by atoms with Crippen molar-refractivity contribution < 1.29 is 13.9 Å². The molecule has 1 amide bonds. The van der Waals surface area contributed by atoms with Gasteiger partial charge in [-0.1, -0.05) is 26.0 Å². The predicted molar refractivity (Wildman–Crippen MR) is 83.8 cm³/mol. The summed E-state index contributed by atoms with van der Waals surface area (Å²) in [6, 6.07) is 7.78. The zero-order valence-electron chi connectivity index (χ0n) is 13.5. The van der Waals surface area contributed by atoms with Crippen LogP contribution in [0.2, 0.25) is 0 Å². The Labute approximate surface area is 130 Å². The number of aromatic nitrogens is 1. The van der Waals surface area contributed by atoms with Crippen molar-refractivity contribution in [3.05, 3.63) is 47.2 Å². The van der Waals surface area contributed by atoms with Crippen LogP contribution in [0.3, 0.4) is 0 Å². The molecule has 1 aromatic carbocycles. The normalized spacial score (nSPS) is 10.8. The van der Waals surface area contributed by atoms with Crippen LogP contribution in [0.5, 0.6) is 5.75 Å². The van der Waals surface area contributed by atoms with Crippen molar-refractivity contribution in [1.82, 2.24) is 10.3 Å². The van der Waals surface area contributed by atoms with Crippen molar-refractivity contribution in [3.63, 3.8) is 0 Å². The first kappa shape index (κ1) is 16.1. The molecule has 1 heterocycles. The summed E-state index contributed by atoms with van der Waals surface area (Å²) in [5, 5.41) is 2.73. The molecule has 0 aliphatic carbocycles. The zero-order chi connectivity index (χ0) is 16.1. The van der Waals surface area contributed by atoms with Gasteiger partial charge in [-0.05, 0) is 37.5 Å². The van der Waals surface area contributed by atoms with Gasteiger partial charge in [-0.25, -0.2) is 4.98 Å². The van der Waals surface area contributed by atoms with Gasteiger partial charge >= 0.3 is 0 Å². The summed E-state index contributed by atoms with van der Waals surface area (Å²) in [6.07, 6.45) is 0. The molecule has 2 rings (SSSR count). The maximum atomic E-state index is 11.8. The van der Waals surface area contributed by atoms with Crippen LogP contribution in [0.1, 0.15) is 42.7 Å². The Morgan fingerprint density at radius 3 is 2.77 bits per heavy atom. The van der Waals surface area contributed by atoms with E-state index in [0.717, 1.165) is 11.5 Å². The highest BCUT2D eigenvalue weighted by Crippen LogP contribution is 2.19. The molecule has 22 heavy (non-hydrogen) atoms. The van der Waals surface area contributed by atoms with Crippen molar-refractivity contribution in [1.29, 1.82) is 0 Å². The Morgan fingerprint density at radius 2 is 2.14 bits per heavy atom. The summed E-state index contributed by atoms with van der Waals surface area (Å²) < 4.78 is 10.9. The third-order valence-electron chi connectivity index (χ3n) is 3.40. The molecule has 118 valence electrons. The topological polar surface area (TPSA) is 64.4 Å². The van der Waals surface area contributed by atoms with Crippen LogP contribution in [0.4, 0.5) is 0 Å². The largest absolute Gasteiger partial charge is 0.484 e. The molecule has 2 aromatic rings. The summed E-state index contributed by atoms with van der Waals surface area (Å²) in [7, 11) is 0. The van der Waals surface area contributed by atoms with Gasteiger partial charge in [-0.15, -0.1) is 0 Å². The third-order valence-corrected chi connectivity index (χ3v) is 3.40. The van der Waals surface area contributed by atoms with E-state index in [0.29, 0.717) is 17.6 Å². The average molecular weight is 302 g/mol. The van der Waals surface area contributed by atoms with Crippen LogP contribution in [0, 0.1) is 13.8 Å². The summed E-state index contributed by atoms with van der Waals surface area (Å²) in [5.74, 6) is 2.19. The van der Waals surface area contributed by atoms with Crippen LogP contribution < -0.4 is 10.1 Å². The van der Waals surface area contributed by atoms with E-state index >= 15 is 0 Å². The lowest BCUT2D eigenvalue weighted by Gasteiger charge is -2.09. The number of aryl methyl sites for hydroxylation is 2. The van der Waals surface area contributed by atoms with Gasteiger partial charge in [0.15, 0.2) is 6.61 Å². The van der Waals surface area contributed by atoms with Gasteiger partial charge < -0.3 is 14.5 Å². The maximum Gasteiger partial charge on any atom is 0.258 e. The summed E-state index contributed by atoms with van der Waals surface area (Å²) in [6.45, 7) is 8.19. The van der Waals surface area contributed by atoms with Crippen LogP contribution in [-0.2, 0) is 11.3 Å². The third kappa shape index (κ3) is 4.35. The van der Waals surface area contributed by atoms with Crippen molar-refractivity contribution in [2.45, 2.75) is 40.2 Å². The Morgan fingerprint density at radius 1 is 1.36 bits per heavy atom. The minimum atomic E-state index is -0.205. The number of oxazole rings is 1. The Hall–Kier alpha value is -2.30. The lowest BCUT2D eigenvalue weighted by molar-refractivity contribution is -0.123. The van der Waals surface area contributed by atoms with E-state index in [1.54, 1.807) is 0 Å². The minimum absolute atomic E-state index is 0.0276. The molecule has 1 N–H and O–H groups in total. The van der Waals surface area contributed by atoms with Crippen molar-refractivity contribution >= 4 is 5.91 Å². The molecule has 0 aliphatic rings. The lowest BCUT2D eigenvalue weighted by Crippen LogP contribution is -2.28. The molecule has 5 heteroatoms. The molecule has 0 aliphatic heterocycles. The number of nitrogens with one attached hydrogen (secondary N) is 1. The number of ether oxygens (including phenoxy) is 1. The molecule has 1 aromatic heterocycles. The molecule has 0 saturated carbocycles. The van der Waals surface area contributed by atoms with Gasteiger partial charge in [0, 0.05) is 0 Å². The van der Waals surface area contributed by atoms with E-state index in [2.05, 4.69) is 24.1 Å². The molecule has 0 fully saturated rings. The Kier molecular flexibility index (Phi) is 5.20. The first-order chi connectivity index (χ1) is 10.5.